The highest BCUT2D eigenvalue weighted by Crippen LogP contribution is 2.43. The number of para-hydroxylation sites is 2. The SMILES string of the molecule is CCN(CC)C(=O)CN1c2ccccc2S(=O)(=O)c2ccccc21. The van der Waals surface area contributed by atoms with Crippen LogP contribution in [0, 0.1) is 0 Å². The topological polar surface area (TPSA) is 57.7 Å². The van der Waals surface area contributed by atoms with Crippen LogP contribution in [0.5, 0.6) is 0 Å². The van der Waals surface area contributed by atoms with Gasteiger partial charge in [0.05, 0.1) is 21.2 Å². The lowest BCUT2D eigenvalue weighted by Gasteiger charge is -2.33. The highest BCUT2D eigenvalue weighted by atomic mass is 32.2. The first-order valence-corrected chi connectivity index (χ1v) is 9.47. The van der Waals surface area contributed by atoms with Gasteiger partial charge in [0.2, 0.25) is 15.7 Å². The monoisotopic (exact) mass is 344 g/mol. The second-order valence-corrected chi connectivity index (χ2v) is 7.48. The Bertz CT molecular complexity index is 820. The van der Waals surface area contributed by atoms with Crippen LogP contribution in [-0.4, -0.2) is 38.9 Å². The van der Waals surface area contributed by atoms with Gasteiger partial charge in [0.1, 0.15) is 6.54 Å². The Hall–Kier alpha value is -2.34. The van der Waals surface area contributed by atoms with Crippen LogP contribution in [0.2, 0.25) is 0 Å². The second kappa shape index (κ2) is 6.28. The highest BCUT2D eigenvalue weighted by molar-refractivity contribution is 7.92. The fourth-order valence-corrected chi connectivity index (χ4v) is 4.70. The summed E-state index contributed by atoms with van der Waals surface area (Å²) in [6, 6.07) is 13.7. The minimum Gasteiger partial charge on any atom is -0.342 e. The number of sulfone groups is 1. The molecule has 0 N–H and O–H groups in total. The van der Waals surface area contributed by atoms with Gasteiger partial charge in [-0.1, -0.05) is 24.3 Å². The van der Waals surface area contributed by atoms with Gasteiger partial charge in [-0.3, -0.25) is 4.79 Å². The largest absolute Gasteiger partial charge is 0.342 e. The van der Waals surface area contributed by atoms with Crippen molar-refractivity contribution in [1.29, 1.82) is 0 Å². The molecule has 1 aliphatic heterocycles. The van der Waals surface area contributed by atoms with E-state index in [1.807, 2.05) is 13.8 Å². The van der Waals surface area contributed by atoms with Crippen LogP contribution < -0.4 is 4.90 Å². The Morgan fingerprint density at radius 1 is 0.917 bits per heavy atom. The van der Waals surface area contributed by atoms with Crippen molar-refractivity contribution in [3.8, 4) is 0 Å². The summed E-state index contributed by atoms with van der Waals surface area (Å²) in [5.74, 6) is -0.0242. The molecule has 1 amide bonds. The Morgan fingerprint density at radius 3 is 1.83 bits per heavy atom. The first kappa shape index (κ1) is 16.5. The van der Waals surface area contributed by atoms with Crippen molar-refractivity contribution in [2.45, 2.75) is 23.6 Å². The van der Waals surface area contributed by atoms with E-state index in [0.29, 0.717) is 24.5 Å². The van der Waals surface area contributed by atoms with Gasteiger partial charge in [0, 0.05) is 13.1 Å². The average molecular weight is 344 g/mol. The number of benzene rings is 2. The maximum absolute atomic E-state index is 12.9. The number of nitrogens with zero attached hydrogens (tertiary/aromatic N) is 2. The maximum Gasteiger partial charge on any atom is 0.242 e. The molecule has 3 rings (SSSR count). The number of anilines is 2. The van der Waals surface area contributed by atoms with Crippen molar-refractivity contribution >= 4 is 27.1 Å². The molecule has 24 heavy (non-hydrogen) atoms. The third-order valence-corrected chi connectivity index (χ3v) is 6.15. The molecular formula is C18H20N2O3S. The summed E-state index contributed by atoms with van der Waals surface area (Å²) in [5, 5.41) is 0. The Balaban J connectivity index is 2.13. The van der Waals surface area contributed by atoms with Crippen LogP contribution in [0.4, 0.5) is 11.4 Å². The van der Waals surface area contributed by atoms with E-state index in [1.165, 1.54) is 0 Å². The van der Waals surface area contributed by atoms with Gasteiger partial charge in [-0.15, -0.1) is 0 Å². The summed E-state index contributed by atoms with van der Waals surface area (Å²) in [5.41, 5.74) is 1.11. The van der Waals surface area contributed by atoms with Crippen LogP contribution in [0.15, 0.2) is 58.3 Å². The second-order valence-electron chi connectivity index (χ2n) is 5.59. The van der Waals surface area contributed by atoms with Crippen molar-refractivity contribution in [2.24, 2.45) is 0 Å². The highest BCUT2D eigenvalue weighted by Gasteiger charge is 2.34. The molecule has 5 nitrogen and oxygen atoms in total. The summed E-state index contributed by atoms with van der Waals surface area (Å²) in [6.45, 7) is 5.24. The summed E-state index contributed by atoms with van der Waals surface area (Å²) in [7, 11) is -3.57. The minimum absolute atomic E-state index is 0.0242. The molecule has 0 aromatic heterocycles. The van der Waals surface area contributed by atoms with E-state index in [0.717, 1.165) is 0 Å². The molecule has 6 heteroatoms. The number of hydrogen-bond acceptors (Lipinski definition) is 4. The molecule has 0 radical (unpaired) electrons. The fraction of sp³-hybridized carbons (Fsp3) is 0.278. The lowest BCUT2D eigenvalue weighted by atomic mass is 10.2. The Morgan fingerprint density at radius 2 is 1.38 bits per heavy atom. The molecule has 2 aromatic carbocycles. The number of hydrogen-bond donors (Lipinski definition) is 0. The molecular weight excluding hydrogens is 324 g/mol. The molecule has 0 unspecified atom stereocenters. The first-order valence-electron chi connectivity index (χ1n) is 7.99. The van der Waals surface area contributed by atoms with E-state index >= 15 is 0 Å². The molecule has 2 aromatic rings. The van der Waals surface area contributed by atoms with Crippen LogP contribution in [0.25, 0.3) is 0 Å². The van der Waals surface area contributed by atoms with Crippen molar-refractivity contribution in [2.75, 3.05) is 24.5 Å². The Kier molecular flexibility index (Phi) is 4.32. The number of rotatable bonds is 4. The molecule has 0 saturated heterocycles. The number of fused-ring (bicyclic) bond motifs is 2. The van der Waals surface area contributed by atoms with Crippen LogP contribution in [0.3, 0.4) is 0 Å². The predicted octanol–water partition coefficient (Wildman–Crippen LogP) is 2.84. The standard InChI is InChI=1S/C18H20N2O3S/c1-3-19(4-2)18(21)13-20-14-9-5-7-11-16(14)24(22,23)17-12-8-6-10-15(17)20/h5-12H,3-4,13H2,1-2H3. The van der Waals surface area contributed by atoms with E-state index in [2.05, 4.69) is 0 Å². The van der Waals surface area contributed by atoms with Gasteiger partial charge in [-0.25, -0.2) is 8.42 Å². The van der Waals surface area contributed by atoms with Crippen LogP contribution in [0.1, 0.15) is 13.8 Å². The van der Waals surface area contributed by atoms with Gasteiger partial charge in [-0.05, 0) is 38.1 Å². The zero-order valence-electron chi connectivity index (χ0n) is 13.8. The lowest BCUT2D eigenvalue weighted by Crippen LogP contribution is -2.40. The zero-order valence-corrected chi connectivity index (χ0v) is 14.6. The maximum atomic E-state index is 12.9. The van der Waals surface area contributed by atoms with E-state index in [1.54, 1.807) is 58.3 Å². The minimum atomic E-state index is -3.57. The van der Waals surface area contributed by atoms with Crippen molar-refractivity contribution in [1.82, 2.24) is 4.90 Å². The number of amides is 1. The summed E-state index contributed by atoms with van der Waals surface area (Å²) in [4.78, 5) is 16.6. The zero-order chi connectivity index (χ0) is 17.3. The molecule has 1 aliphatic rings. The third kappa shape index (κ3) is 2.57. The van der Waals surface area contributed by atoms with Gasteiger partial charge < -0.3 is 9.80 Å². The van der Waals surface area contributed by atoms with E-state index in [4.69, 9.17) is 0 Å². The molecule has 0 aliphatic carbocycles. The van der Waals surface area contributed by atoms with E-state index < -0.39 is 9.84 Å². The summed E-state index contributed by atoms with van der Waals surface area (Å²) in [6.07, 6.45) is 0. The molecule has 0 atom stereocenters. The normalized spacial score (nSPS) is 14.7. The summed E-state index contributed by atoms with van der Waals surface area (Å²) >= 11 is 0. The average Bonchev–Trinajstić information content (AvgIpc) is 2.60. The number of carbonyl (C=O) groups excluding carboxylic acids is 1. The molecule has 0 saturated carbocycles. The fourth-order valence-electron chi connectivity index (χ4n) is 3.04. The van der Waals surface area contributed by atoms with Gasteiger partial charge in [-0.2, -0.15) is 0 Å². The van der Waals surface area contributed by atoms with E-state index in [9.17, 15) is 13.2 Å². The molecule has 0 bridgehead atoms. The van der Waals surface area contributed by atoms with Gasteiger partial charge >= 0.3 is 0 Å². The van der Waals surface area contributed by atoms with Gasteiger partial charge in [0.15, 0.2) is 0 Å². The van der Waals surface area contributed by atoms with Crippen LogP contribution >= 0.6 is 0 Å². The molecule has 0 spiro atoms. The number of carbonyl (C=O) groups is 1. The van der Waals surface area contributed by atoms with Crippen molar-refractivity contribution in [3.05, 3.63) is 48.5 Å². The van der Waals surface area contributed by atoms with Gasteiger partial charge in [0.25, 0.3) is 0 Å². The lowest BCUT2D eigenvalue weighted by molar-refractivity contribution is -0.129. The molecule has 0 fully saturated rings. The van der Waals surface area contributed by atoms with E-state index in [-0.39, 0.29) is 22.2 Å². The smallest absolute Gasteiger partial charge is 0.242 e. The molecule has 126 valence electrons. The number of likely N-dealkylation sites (N-methyl/N-ethyl adjacent to an activating group) is 1. The van der Waals surface area contributed by atoms with Crippen molar-refractivity contribution in [3.63, 3.8) is 0 Å². The Labute approximate surface area is 142 Å². The predicted molar refractivity (Wildman–Crippen MR) is 93.3 cm³/mol. The van der Waals surface area contributed by atoms with Crippen molar-refractivity contribution < 1.29 is 13.2 Å². The molecule has 1 heterocycles. The third-order valence-electron chi connectivity index (χ3n) is 4.30. The van der Waals surface area contributed by atoms with Crippen LogP contribution in [-0.2, 0) is 14.6 Å². The quantitative estimate of drug-likeness (QED) is 0.856. The first-order chi connectivity index (χ1) is 11.5. The summed E-state index contributed by atoms with van der Waals surface area (Å²) < 4.78 is 25.7.